The zero-order valence-corrected chi connectivity index (χ0v) is 13.5. The maximum atomic E-state index is 14.1. The zero-order valence-electron chi connectivity index (χ0n) is 12.0. The molecule has 1 aliphatic rings. The molecule has 7 heteroatoms. The molecule has 0 saturated carbocycles. The Labute approximate surface area is 142 Å². The van der Waals surface area contributed by atoms with E-state index in [0.29, 0.717) is 25.1 Å². The van der Waals surface area contributed by atoms with Gasteiger partial charge in [0, 0.05) is 30.3 Å². The third-order valence-corrected chi connectivity index (χ3v) is 4.50. The first-order valence-electron chi connectivity index (χ1n) is 7.12. The van der Waals surface area contributed by atoms with Crippen molar-refractivity contribution < 1.29 is 13.9 Å². The summed E-state index contributed by atoms with van der Waals surface area (Å²) in [6.07, 6.45) is -0.277. The first-order chi connectivity index (χ1) is 10.9. The molecule has 1 fully saturated rings. The topological polar surface area (TPSA) is 36.4 Å². The molecule has 0 unspecified atom stereocenters. The van der Waals surface area contributed by atoms with Crippen LogP contribution < -0.4 is 0 Å². The average molecular weight is 359 g/mol. The van der Waals surface area contributed by atoms with Crippen molar-refractivity contribution >= 4 is 23.2 Å². The summed E-state index contributed by atoms with van der Waals surface area (Å²) in [6, 6.07) is 6.28. The number of rotatable bonds is 3. The molecule has 0 bridgehead atoms. The predicted molar refractivity (Wildman–Crippen MR) is 84.4 cm³/mol. The van der Waals surface area contributed by atoms with Crippen molar-refractivity contribution in [3.63, 3.8) is 0 Å². The molecule has 122 valence electrons. The largest absolute Gasteiger partial charge is 0.392 e. The smallest absolute Gasteiger partial charge is 0.135 e. The standard InChI is InChI=1S/C16H14Cl2F2N2O/c17-15-4-1-9(16(18)21-15)7-22-8-11(23)6-14(22)12-5-10(19)2-3-13(12)20/h1-5,11,14,23H,6-8H2/t11-,14-/m0/s1. The van der Waals surface area contributed by atoms with Gasteiger partial charge in [0.2, 0.25) is 0 Å². The molecule has 3 nitrogen and oxygen atoms in total. The number of β-amino-alcohol motifs (C(OH)–C–C–N with tert-alkyl or cyclic N) is 1. The molecule has 0 aliphatic carbocycles. The zero-order chi connectivity index (χ0) is 16.6. The number of hydrogen-bond donors (Lipinski definition) is 1. The van der Waals surface area contributed by atoms with Gasteiger partial charge in [-0.2, -0.15) is 0 Å². The lowest BCUT2D eigenvalue weighted by Gasteiger charge is -2.25. The quantitative estimate of drug-likeness (QED) is 0.843. The number of likely N-dealkylation sites (tertiary alicyclic amines) is 1. The van der Waals surface area contributed by atoms with Crippen LogP contribution in [0.15, 0.2) is 30.3 Å². The molecule has 1 saturated heterocycles. The fraction of sp³-hybridized carbons (Fsp3) is 0.312. The lowest BCUT2D eigenvalue weighted by Crippen LogP contribution is -2.25. The molecule has 2 aromatic rings. The second kappa shape index (κ2) is 6.69. The Balaban J connectivity index is 1.89. The highest BCUT2D eigenvalue weighted by Gasteiger charge is 2.34. The first-order valence-corrected chi connectivity index (χ1v) is 7.87. The molecule has 1 N–H and O–H groups in total. The van der Waals surface area contributed by atoms with Gasteiger partial charge in [-0.25, -0.2) is 13.8 Å². The summed E-state index contributed by atoms with van der Waals surface area (Å²) in [6.45, 7) is 0.709. The van der Waals surface area contributed by atoms with Crippen LogP contribution in [0.4, 0.5) is 8.78 Å². The van der Waals surface area contributed by atoms with Gasteiger partial charge in [0.15, 0.2) is 0 Å². The van der Waals surface area contributed by atoms with Crippen LogP contribution in [0.1, 0.15) is 23.6 Å². The number of benzene rings is 1. The van der Waals surface area contributed by atoms with E-state index in [1.165, 1.54) is 6.07 Å². The maximum absolute atomic E-state index is 14.1. The second-order valence-corrected chi connectivity index (χ2v) is 6.33. The van der Waals surface area contributed by atoms with Gasteiger partial charge in [0.1, 0.15) is 21.9 Å². The van der Waals surface area contributed by atoms with Crippen molar-refractivity contribution in [3.8, 4) is 0 Å². The van der Waals surface area contributed by atoms with E-state index in [2.05, 4.69) is 4.98 Å². The molecule has 2 heterocycles. The number of pyridine rings is 1. The van der Waals surface area contributed by atoms with Gasteiger partial charge in [-0.3, -0.25) is 4.90 Å². The van der Waals surface area contributed by atoms with E-state index in [1.54, 1.807) is 12.1 Å². The Morgan fingerprint density at radius 2 is 2.00 bits per heavy atom. The maximum Gasteiger partial charge on any atom is 0.135 e. The predicted octanol–water partition coefficient (Wildman–Crippen LogP) is 3.97. The molecular weight excluding hydrogens is 345 g/mol. The van der Waals surface area contributed by atoms with Crippen LogP contribution in [0, 0.1) is 11.6 Å². The van der Waals surface area contributed by atoms with Crippen molar-refractivity contribution in [2.75, 3.05) is 6.54 Å². The number of aliphatic hydroxyl groups excluding tert-OH is 1. The van der Waals surface area contributed by atoms with E-state index in [-0.39, 0.29) is 15.9 Å². The number of aliphatic hydroxyl groups is 1. The highest BCUT2D eigenvalue weighted by atomic mass is 35.5. The summed E-state index contributed by atoms with van der Waals surface area (Å²) in [7, 11) is 0. The first kappa shape index (κ1) is 16.6. The molecule has 23 heavy (non-hydrogen) atoms. The molecule has 0 amide bonds. The highest BCUT2D eigenvalue weighted by molar-refractivity contribution is 6.32. The third-order valence-electron chi connectivity index (χ3n) is 3.96. The van der Waals surface area contributed by atoms with E-state index in [1.807, 2.05) is 4.90 Å². The van der Waals surface area contributed by atoms with Gasteiger partial charge >= 0.3 is 0 Å². The molecule has 1 aromatic heterocycles. The Morgan fingerprint density at radius 1 is 1.22 bits per heavy atom. The van der Waals surface area contributed by atoms with Crippen molar-refractivity contribution in [1.29, 1.82) is 0 Å². The highest BCUT2D eigenvalue weighted by Crippen LogP contribution is 2.35. The van der Waals surface area contributed by atoms with Crippen LogP contribution in [-0.4, -0.2) is 27.6 Å². The van der Waals surface area contributed by atoms with Crippen LogP contribution in [0.2, 0.25) is 10.3 Å². The van der Waals surface area contributed by atoms with Crippen LogP contribution in [0.5, 0.6) is 0 Å². The molecule has 3 rings (SSSR count). The molecular formula is C16H14Cl2F2N2O. The van der Waals surface area contributed by atoms with Crippen LogP contribution >= 0.6 is 23.2 Å². The van der Waals surface area contributed by atoms with E-state index >= 15 is 0 Å². The van der Waals surface area contributed by atoms with Gasteiger partial charge in [0.25, 0.3) is 0 Å². The Hall–Kier alpha value is -1.27. The Kier molecular flexibility index (Phi) is 4.82. The fourth-order valence-corrected chi connectivity index (χ4v) is 3.33. The van der Waals surface area contributed by atoms with Gasteiger partial charge in [-0.05, 0) is 30.7 Å². The van der Waals surface area contributed by atoms with Gasteiger partial charge < -0.3 is 5.11 Å². The fourth-order valence-electron chi connectivity index (χ4n) is 2.93. The molecule has 2 atom stereocenters. The average Bonchev–Trinajstić information content (AvgIpc) is 2.85. The minimum absolute atomic E-state index is 0.236. The van der Waals surface area contributed by atoms with Crippen LogP contribution in [0.25, 0.3) is 0 Å². The molecule has 1 aliphatic heterocycles. The SMILES string of the molecule is O[C@H]1C[C@@H](c2cc(F)ccc2F)N(Cc2ccc(Cl)nc2Cl)C1. The van der Waals surface area contributed by atoms with E-state index in [0.717, 1.165) is 12.1 Å². The lowest BCUT2D eigenvalue weighted by molar-refractivity contribution is 0.172. The van der Waals surface area contributed by atoms with E-state index < -0.39 is 23.8 Å². The Morgan fingerprint density at radius 3 is 2.74 bits per heavy atom. The molecule has 1 aromatic carbocycles. The van der Waals surface area contributed by atoms with Crippen molar-refractivity contribution in [2.24, 2.45) is 0 Å². The summed E-state index contributed by atoms with van der Waals surface area (Å²) in [5.74, 6) is -0.996. The minimum Gasteiger partial charge on any atom is -0.392 e. The van der Waals surface area contributed by atoms with Gasteiger partial charge in [0.05, 0.1) is 6.10 Å². The third kappa shape index (κ3) is 3.63. The van der Waals surface area contributed by atoms with Crippen molar-refractivity contribution in [2.45, 2.75) is 25.1 Å². The summed E-state index contributed by atoms with van der Waals surface area (Å²) < 4.78 is 27.5. The van der Waals surface area contributed by atoms with Crippen LogP contribution in [-0.2, 0) is 6.54 Å². The lowest BCUT2D eigenvalue weighted by atomic mass is 10.0. The Bertz CT molecular complexity index is 729. The number of halogens is 4. The number of aromatic nitrogens is 1. The van der Waals surface area contributed by atoms with Crippen molar-refractivity contribution in [3.05, 3.63) is 63.4 Å². The normalized spacial score (nSPS) is 21.8. The van der Waals surface area contributed by atoms with Gasteiger partial charge in [-0.1, -0.05) is 29.3 Å². The van der Waals surface area contributed by atoms with Crippen LogP contribution in [0.3, 0.4) is 0 Å². The minimum atomic E-state index is -0.610. The second-order valence-electron chi connectivity index (χ2n) is 5.58. The summed E-state index contributed by atoms with van der Waals surface area (Å²) in [5, 5.41) is 10.5. The van der Waals surface area contributed by atoms with Crippen molar-refractivity contribution in [1.82, 2.24) is 9.88 Å². The summed E-state index contributed by atoms with van der Waals surface area (Å²) in [5.41, 5.74) is 0.951. The van der Waals surface area contributed by atoms with Gasteiger partial charge in [-0.15, -0.1) is 0 Å². The summed E-state index contributed by atoms with van der Waals surface area (Å²) in [4.78, 5) is 5.83. The molecule has 0 radical (unpaired) electrons. The monoisotopic (exact) mass is 358 g/mol. The van der Waals surface area contributed by atoms with E-state index in [9.17, 15) is 13.9 Å². The van der Waals surface area contributed by atoms with E-state index in [4.69, 9.17) is 23.2 Å². The summed E-state index contributed by atoms with van der Waals surface area (Å²) >= 11 is 11.9. The number of nitrogens with zero attached hydrogens (tertiary/aromatic N) is 2. The number of hydrogen-bond acceptors (Lipinski definition) is 3. The molecule has 0 spiro atoms.